The van der Waals surface area contributed by atoms with E-state index >= 15 is 0 Å². The fourth-order valence-corrected chi connectivity index (χ4v) is 1.89. The van der Waals surface area contributed by atoms with E-state index in [1.807, 2.05) is 0 Å². The van der Waals surface area contributed by atoms with E-state index in [1.54, 1.807) is 30.3 Å². The Morgan fingerprint density at radius 3 is 2.33 bits per heavy atom. The summed E-state index contributed by atoms with van der Waals surface area (Å²) in [4.78, 5) is 26.6. The van der Waals surface area contributed by atoms with Crippen molar-refractivity contribution in [2.24, 2.45) is 0 Å². The van der Waals surface area contributed by atoms with Gasteiger partial charge in [0.2, 0.25) is 0 Å². The van der Waals surface area contributed by atoms with Crippen LogP contribution in [0.4, 0.5) is 0 Å². The lowest BCUT2D eigenvalue weighted by molar-refractivity contribution is -0.754. The molecule has 0 radical (unpaired) electrons. The van der Waals surface area contributed by atoms with E-state index in [0.29, 0.717) is 5.75 Å². The Kier molecular flexibility index (Phi) is 5.35. The summed E-state index contributed by atoms with van der Waals surface area (Å²) in [7, 11) is 0. The van der Waals surface area contributed by atoms with E-state index in [9.17, 15) is 25.1 Å². The molecule has 2 N–H and O–H groups in total. The number of esters is 1. The average molecular weight is 331 g/mol. The molecule has 2 aromatic carbocycles. The molecule has 8 nitrogen and oxygen atoms in total. The molecule has 0 atom stereocenters. The summed E-state index contributed by atoms with van der Waals surface area (Å²) in [5.74, 6) is -1.03. The Morgan fingerprint density at radius 2 is 1.75 bits per heavy atom. The number of phenols is 2. The Bertz CT molecular complexity index is 751. The van der Waals surface area contributed by atoms with Crippen molar-refractivity contribution >= 4 is 11.5 Å². The number of carbonyl (C=O) groups excluding carboxylic acids is 1. The SMILES string of the molecule is O=C(/C=C(\CO[N+](=O)[O-])c1cc(O)cc(O)c1)Oc1ccccc1. The summed E-state index contributed by atoms with van der Waals surface area (Å²) in [6.07, 6.45) is 0.991. The van der Waals surface area contributed by atoms with Crippen LogP contribution < -0.4 is 4.74 Å². The van der Waals surface area contributed by atoms with E-state index in [4.69, 9.17) is 4.74 Å². The van der Waals surface area contributed by atoms with Crippen LogP contribution in [0.3, 0.4) is 0 Å². The quantitative estimate of drug-likeness (QED) is 0.274. The fraction of sp³-hybridized carbons (Fsp3) is 0.0625. The molecule has 0 spiro atoms. The van der Waals surface area contributed by atoms with Crippen molar-refractivity contribution in [3.8, 4) is 17.2 Å². The minimum atomic E-state index is -1.01. The molecule has 2 rings (SSSR count). The maximum Gasteiger partial charge on any atom is 0.336 e. The molecule has 0 unspecified atom stereocenters. The van der Waals surface area contributed by atoms with Crippen molar-refractivity contribution in [3.05, 3.63) is 70.3 Å². The first-order valence-electron chi connectivity index (χ1n) is 6.72. The number of carbonyl (C=O) groups is 1. The Hall–Kier alpha value is -3.55. The van der Waals surface area contributed by atoms with Gasteiger partial charge in [0, 0.05) is 12.1 Å². The minimum Gasteiger partial charge on any atom is -0.508 e. The molecule has 0 aromatic heterocycles. The van der Waals surface area contributed by atoms with Crippen molar-refractivity contribution in [1.82, 2.24) is 0 Å². The molecule has 24 heavy (non-hydrogen) atoms. The van der Waals surface area contributed by atoms with E-state index < -0.39 is 17.7 Å². The van der Waals surface area contributed by atoms with Crippen LogP contribution in [-0.2, 0) is 9.63 Å². The zero-order valence-corrected chi connectivity index (χ0v) is 12.3. The van der Waals surface area contributed by atoms with Crippen LogP contribution in [0.5, 0.6) is 17.2 Å². The van der Waals surface area contributed by atoms with Gasteiger partial charge in [0.1, 0.15) is 23.9 Å². The lowest BCUT2D eigenvalue weighted by atomic mass is 10.1. The van der Waals surface area contributed by atoms with Gasteiger partial charge in [0.05, 0.1) is 0 Å². The Labute approximate surface area is 136 Å². The van der Waals surface area contributed by atoms with Crippen LogP contribution in [-0.4, -0.2) is 27.9 Å². The van der Waals surface area contributed by atoms with E-state index in [1.165, 1.54) is 12.1 Å². The zero-order chi connectivity index (χ0) is 17.5. The van der Waals surface area contributed by atoms with Crippen molar-refractivity contribution < 1.29 is 29.7 Å². The van der Waals surface area contributed by atoms with E-state index in [2.05, 4.69) is 4.84 Å². The second-order valence-corrected chi connectivity index (χ2v) is 4.64. The standard InChI is InChI=1S/C16H13NO7/c18-13-6-11(7-14(19)9-13)12(10-23-17(21)22)8-16(20)24-15-4-2-1-3-5-15/h1-9,18-19H,10H2/b12-8+. The molecule has 8 heteroatoms. The molecule has 0 aliphatic carbocycles. The summed E-state index contributed by atoms with van der Waals surface area (Å²) in [5, 5.41) is 28.4. The molecule has 0 fully saturated rings. The number of hydrogen-bond acceptors (Lipinski definition) is 7. The first-order chi connectivity index (χ1) is 11.4. The minimum absolute atomic E-state index is 0.0545. The van der Waals surface area contributed by atoms with Crippen molar-refractivity contribution in [2.75, 3.05) is 6.61 Å². The van der Waals surface area contributed by atoms with Gasteiger partial charge in [-0.15, -0.1) is 10.1 Å². The summed E-state index contributed by atoms with van der Waals surface area (Å²) < 4.78 is 5.07. The summed E-state index contributed by atoms with van der Waals surface area (Å²) in [5.41, 5.74) is 0.234. The van der Waals surface area contributed by atoms with Crippen LogP contribution in [0.1, 0.15) is 5.56 Å². The van der Waals surface area contributed by atoms with Crippen LogP contribution in [0, 0.1) is 10.1 Å². The summed E-state index contributed by atoms with van der Waals surface area (Å²) in [6, 6.07) is 11.8. The highest BCUT2D eigenvalue weighted by atomic mass is 16.9. The first kappa shape index (κ1) is 16.8. The molecular weight excluding hydrogens is 318 g/mol. The van der Waals surface area contributed by atoms with Gasteiger partial charge in [-0.3, -0.25) is 0 Å². The number of aromatic hydroxyl groups is 2. The molecule has 0 aliphatic heterocycles. The first-order valence-corrected chi connectivity index (χ1v) is 6.72. The van der Waals surface area contributed by atoms with Crippen LogP contribution in [0.25, 0.3) is 5.57 Å². The number of nitrogens with zero attached hydrogens (tertiary/aromatic N) is 1. The van der Waals surface area contributed by atoms with Crippen molar-refractivity contribution in [2.45, 2.75) is 0 Å². The van der Waals surface area contributed by atoms with Crippen molar-refractivity contribution in [3.63, 3.8) is 0 Å². The molecular formula is C16H13NO7. The molecule has 0 heterocycles. The van der Waals surface area contributed by atoms with Gasteiger partial charge in [-0.25, -0.2) is 4.79 Å². The number of para-hydroxylation sites is 1. The van der Waals surface area contributed by atoms with E-state index in [-0.39, 0.29) is 22.6 Å². The molecule has 0 bridgehead atoms. The molecule has 0 saturated carbocycles. The highest BCUT2D eigenvalue weighted by Crippen LogP contribution is 2.26. The van der Waals surface area contributed by atoms with Gasteiger partial charge in [-0.1, -0.05) is 18.2 Å². The number of benzene rings is 2. The van der Waals surface area contributed by atoms with Crippen molar-refractivity contribution in [1.29, 1.82) is 0 Å². The maximum atomic E-state index is 12.0. The second-order valence-electron chi connectivity index (χ2n) is 4.64. The predicted molar refractivity (Wildman–Crippen MR) is 82.8 cm³/mol. The topological polar surface area (TPSA) is 119 Å². The summed E-state index contributed by atoms with van der Waals surface area (Å²) >= 11 is 0. The van der Waals surface area contributed by atoms with Gasteiger partial charge in [-0.2, -0.15) is 0 Å². The van der Waals surface area contributed by atoms with Gasteiger partial charge < -0.3 is 19.8 Å². The number of rotatable bonds is 6. The van der Waals surface area contributed by atoms with Crippen LogP contribution >= 0.6 is 0 Å². The molecule has 0 saturated heterocycles. The lowest BCUT2D eigenvalue weighted by Crippen LogP contribution is -2.09. The van der Waals surface area contributed by atoms with Gasteiger partial charge in [-0.05, 0) is 35.4 Å². The average Bonchev–Trinajstić information content (AvgIpc) is 2.51. The number of phenolic OH excluding ortho intramolecular Hbond substituents is 2. The second kappa shape index (κ2) is 7.63. The normalized spacial score (nSPS) is 10.9. The van der Waals surface area contributed by atoms with Crippen LogP contribution in [0.15, 0.2) is 54.6 Å². The Morgan fingerprint density at radius 1 is 1.12 bits per heavy atom. The highest BCUT2D eigenvalue weighted by molar-refractivity contribution is 5.93. The molecule has 124 valence electrons. The third-order valence-corrected chi connectivity index (χ3v) is 2.85. The maximum absolute atomic E-state index is 12.0. The third-order valence-electron chi connectivity index (χ3n) is 2.85. The summed E-state index contributed by atoms with van der Waals surface area (Å²) in [6.45, 7) is -0.556. The molecule has 0 aliphatic rings. The highest BCUT2D eigenvalue weighted by Gasteiger charge is 2.11. The number of ether oxygens (including phenoxy) is 1. The van der Waals surface area contributed by atoms with Crippen LogP contribution in [0.2, 0.25) is 0 Å². The molecule has 2 aromatic rings. The van der Waals surface area contributed by atoms with Gasteiger partial charge >= 0.3 is 5.97 Å². The number of hydrogen-bond donors (Lipinski definition) is 2. The smallest absolute Gasteiger partial charge is 0.336 e. The fourth-order valence-electron chi connectivity index (χ4n) is 1.89. The van der Waals surface area contributed by atoms with E-state index in [0.717, 1.165) is 12.1 Å². The Balaban J connectivity index is 2.27. The third kappa shape index (κ3) is 5.02. The predicted octanol–water partition coefficient (Wildman–Crippen LogP) is 2.30. The largest absolute Gasteiger partial charge is 0.508 e. The lowest BCUT2D eigenvalue weighted by Gasteiger charge is -2.08. The monoisotopic (exact) mass is 331 g/mol. The molecule has 0 amide bonds. The zero-order valence-electron chi connectivity index (χ0n) is 12.3. The van der Waals surface area contributed by atoms with Gasteiger partial charge in [0.15, 0.2) is 0 Å². The van der Waals surface area contributed by atoms with Gasteiger partial charge in [0.25, 0.3) is 5.09 Å².